The number of hydrogen-bond acceptors (Lipinski definition) is 11. The average Bonchev–Trinajstić information content (AvgIpc) is 4.12. The predicted molar refractivity (Wildman–Crippen MR) is 210 cm³/mol. The van der Waals surface area contributed by atoms with Gasteiger partial charge in [-0.15, -0.1) is 0 Å². The van der Waals surface area contributed by atoms with Crippen LogP contribution in [0.5, 0.6) is 17.4 Å². The van der Waals surface area contributed by atoms with Gasteiger partial charge in [-0.2, -0.15) is 0 Å². The van der Waals surface area contributed by atoms with E-state index in [1.165, 1.54) is 37.6 Å². The molecule has 3 aromatic rings. The lowest BCUT2D eigenvalue weighted by Crippen LogP contribution is -2.59. The van der Waals surface area contributed by atoms with Gasteiger partial charge >= 0.3 is 0 Å². The molecule has 18 heteroatoms. The van der Waals surface area contributed by atoms with E-state index in [4.69, 9.17) is 14.2 Å². The van der Waals surface area contributed by atoms with E-state index in [0.29, 0.717) is 41.5 Å². The Hall–Kier alpha value is -5.39. The Morgan fingerprint density at radius 3 is 2.54 bits per heavy atom. The molecule has 0 spiro atoms. The smallest absolute Gasteiger partial charge is 0.259 e. The van der Waals surface area contributed by atoms with E-state index >= 15 is 0 Å². The minimum atomic E-state index is -4.43. The van der Waals surface area contributed by atoms with E-state index in [9.17, 15) is 36.4 Å². The number of nitrogens with zero attached hydrogens (tertiary/aromatic N) is 3. The molecule has 7 rings (SSSR count). The maximum atomic E-state index is 14.9. The van der Waals surface area contributed by atoms with Gasteiger partial charge in [0.15, 0.2) is 5.82 Å². The van der Waals surface area contributed by atoms with E-state index in [0.717, 1.165) is 6.20 Å². The zero-order valence-corrected chi connectivity index (χ0v) is 34.0. The molecule has 0 bridgehead atoms. The number of fused-ring (bicyclic) bond motifs is 3. The summed E-state index contributed by atoms with van der Waals surface area (Å²) >= 11 is 0. The molecule has 4 aliphatic rings. The highest BCUT2D eigenvalue weighted by Gasteiger charge is 2.64. The second-order valence-electron chi connectivity index (χ2n) is 16.2. The number of carbonyl (C=O) groups excluding carboxylic acids is 4. The standard InChI is InChI=1S/C41H48F2N6O9S/c1-23-7-5-6-8-25-18-41(25,39(53)48-59(54,55)40(22-42)12-13-40)47-36(51)32-17-27(58-37-28-10-9-26(56-3)16-30(28)33(57-4)20-45-37)21-49(32)38(52)34(24(2)15-23)46-35(50)29-11-14-44-19-31(29)43/h6,8-11,14,16,19-20,23-25,27,32,34H,5,7,12-13,15,17-18,21-22H2,1-4H3,(H,46,50)(H,47,51)(H,48,53). The van der Waals surface area contributed by atoms with E-state index in [1.807, 2.05) is 13.0 Å². The van der Waals surface area contributed by atoms with Gasteiger partial charge in [-0.1, -0.05) is 26.0 Å². The Kier molecular flexibility index (Phi) is 11.6. The van der Waals surface area contributed by atoms with Crippen LogP contribution in [0, 0.1) is 23.6 Å². The van der Waals surface area contributed by atoms with Crippen LogP contribution in [0.25, 0.3) is 10.8 Å². The molecule has 2 saturated carbocycles. The molecule has 7 atom stereocenters. The van der Waals surface area contributed by atoms with Crippen LogP contribution in [0.15, 0.2) is 55.0 Å². The first kappa shape index (κ1) is 41.8. The zero-order valence-electron chi connectivity index (χ0n) is 33.2. The molecular weight excluding hydrogens is 791 g/mol. The predicted octanol–water partition coefficient (Wildman–Crippen LogP) is 3.77. The summed E-state index contributed by atoms with van der Waals surface area (Å²) in [7, 11) is -1.40. The lowest BCUT2D eigenvalue weighted by Gasteiger charge is -2.33. The number of alkyl halides is 1. The molecule has 2 aromatic heterocycles. The van der Waals surface area contributed by atoms with E-state index in [1.54, 1.807) is 31.2 Å². The number of carbonyl (C=O) groups is 4. The highest BCUT2D eigenvalue weighted by molar-refractivity contribution is 7.91. The van der Waals surface area contributed by atoms with Crippen LogP contribution in [-0.2, 0) is 24.4 Å². The van der Waals surface area contributed by atoms with Crippen molar-refractivity contribution >= 4 is 44.4 Å². The Balaban J connectivity index is 1.25. The first-order chi connectivity index (χ1) is 28.2. The normalized spacial score (nSPS) is 27.9. The molecule has 15 nitrogen and oxygen atoms in total. The summed E-state index contributed by atoms with van der Waals surface area (Å²) in [4.78, 5) is 66.5. The summed E-state index contributed by atoms with van der Waals surface area (Å²) < 4.78 is 72.8. The van der Waals surface area contributed by atoms with Crippen LogP contribution in [0.1, 0.15) is 69.2 Å². The molecule has 1 saturated heterocycles. The molecule has 59 heavy (non-hydrogen) atoms. The van der Waals surface area contributed by atoms with Crippen molar-refractivity contribution in [3.8, 4) is 17.4 Å². The monoisotopic (exact) mass is 838 g/mol. The molecule has 2 aliphatic carbocycles. The number of nitrogens with one attached hydrogen (secondary N) is 3. The van der Waals surface area contributed by atoms with Crippen LogP contribution in [0.3, 0.4) is 0 Å². The number of benzene rings is 1. The van der Waals surface area contributed by atoms with Gasteiger partial charge in [0.25, 0.3) is 11.8 Å². The van der Waals surface area contributed by atoms with Crippen LogP contribution in [0.2, 0.25) is 0 Å². The van der Waals surface area contributed by atoms with Gasteiger partial charge in [0.05, 0.1) is 38.7 Å². The Bertz CT molecular complexity index is 2290. The quantitative estimate of drug-likeness (QED) is 0.252. The first-order valence-electron chi connectivity index (χ1n) is 19.7. The summed E-state index contributed by atoms with van der Waals surface area (Å²) in [5.41, 5.74) is -2.03. The fourth-order valence-electron chi connectivity index (χ4n) is 8.24. The van der Waals surface area contributed by atoms with Crippen molar-refractivity contribution in [2.45, 2.75) is 87.3 Å². The summed E-state index contributed by atoms with van der Waals surface area (Å²) in [6.45, 7) is 2.49. The lowest BCUT2D eigenvalue weighted by atomic mass is 9.87. The minimum absolute atomic E-state index is 0.0377. The van der Waals surface area contributed by atoms with Crippen molar-refractivity contribution < 1.29 is 50.6 Å². The number of methoxy groups -OCH3 is 2. The van der Waals surface area contributed by atoms with Crippen molar-refractivity contribution in [2.75, 3.05) is 27.4 Å². The Labute approximate surface area is 340 Å². The third kappa shape index (κ3) is 8.15. The van der Waals surface area contributed by atoms with E-state index in [2.05, 4.69) is 25.3 Å². The van der Waals surface area contributed by atoms with Crippen molar-refractivity contribution in [2.24, 2.45) is 17.8 Å². The van der Waals surface area contributed by atoms with Crippen LogP contribution < -0.4 is 29.6 Å². The molecule has 1 aromatic carbocycles. The summed E-state index contributed by atoms with van der Waals surface area (Å²) in [6, 6.07) is 3.90. The Morgan fingerprint density at radius 1 is 1.07 bits per heavy atom. The van der Waals surface area contributed by atoms with Crippen LogP contribution in [-0.4, -0.2) is 103 Å². The molecule has 316 valence electrons. The molecule has 0 radical (unpaired) electrons. The maximum absolute atomic E-state index is 14.9. The third-order valence-electron chi connectivity index (χ3n) is 12.1. The van der Waals surface area contributed by atoms with Crippen LogP contribution in [0.4, 0.5) is 8.78 Å². The molecule has 3 fully saturated rings. The number of sulfonamides is 1. The second-order valence-corrected chi connectivity index (χ2v) is 18.3. The van der Waals surface area contributed by atoms with Crippen LogP contribution >= 0.6 is 0 Å². The van der Waals surface area contributed by atoms with Gasteiger partial charge in [0.1, 0.15) is 46.6 Å². The number of rotatable bonds is 10. The van der Waals surface area contributed by atoms with E-state index < -0.39 is 86.5 Å². The SMILES string of the molecule is COc1ccc2c(OC3CC4C(=O)NC5(C(=O)NS(=O)(=O)C6(CF)CC6)CC5C=CCCC(C)CC(C)C(NC(=O)c5ccncc5F)C(=O)N4C3)ncc(OC)c2c1. The molecule has 4 heterocycles. The first-order valence-corrected chi connectivity index (χ1v) is 21.1. The van der Waals surface area contributed by atoms with Gasteiger partial charge in [0.2, 0.25) is 27.7 Å². The fraction of sp³-hybridized carbons (Fsp3) is 0.512. The second kappa shape index (κ2) is 16.3. The van der Waals surface area contributed by atoms with Crippen molar-refractivity contribution in [1.82, 2.24) is 30.2 Å². The van der Waals surface area contributed by atoms with Gasteiger partial charge in [-0.05, 0) is 74.6 Å². The Morgan fingerprint density at radius 2 is 1.85 bits per heavy atom. The highest BCUT2D eigenvalue weighted by atomic mass is 32.2. The number of aromatic nitrogens is 2. The third-order valence-corrected chi connectivity index (χ3v) is 14.2. The minimum Gasteiger partial charge on any atom is -0.497 e. The molecule has 3 N–H and O–H groups in total. The summed E-state index contributed by atoms with van der Waals surface area (Å²) in [5, 5.41) is 6.72. The largest absolute Gasteiger partial charge is 0.497 e. The van der Waals surface area contributed by atoms with Gasteiger partial charge < -0.3 is 29.7 Å². The van der Waals surface area contributed by atoms with Crippen molar-refractivity contribution in [3.63, 3.8) is 0 Å². The molecule has 4 amide bonds. The number of amides is 4. The average molecular weight is 839 g/mol. The fourth-order valence-corrected chi connectivity index (χ4v) is 9.67. The lowest BCUT2D eigenvalue weighted by molar-refractivity contribution is -0.142. The highest BCUT2D eigenvalue weighted by Crippen LogP contribution is 2.48. The molecule has 7 unspecified atom stereocenters. The number of hydrogen-bond donors (Lipinski definition) is 3. The maximum Gasteiger partial charge on any atom is 0.259 e. The number of ether oxygens (including phenoxy) is 3. The number of halogens is 2. The molecular formula is C41H48F2N6O9S. The topological polar surface area (TPSA) is 195 Å². The van der Waals surface area contributed by atoms with Crippen molar-refractivity contribution in [3.05, 3.63) is 66.4 Å². The summed E-state index contributed by atoms with van der Waals surface area (Å²) in [5.74, 6) is -3.99. The van der Waals surface area contributed by atoms with Gasteiger partial charge in [0, 0.05) is 29.3 Å². The van der Waals surface area contributed by atoms with Crippen molar-refractivity contribution in [1.29, 1.82) is 0 Å². The molecule has 2 aliphatic heterocycles. The zero-order chi connectivity index (χ0) is 42.3. The number of pyridine rings is 2. The van der Waals surface area contributed by atoms with Gasteiger partial charge in [-0.25, -0.2) is 22.2 Å². The van der Waals surface area contributed by atoms with E-state index in [-0.39, 0.29) is 49.6 Å². The summed E-state index contributed by atoms with van der Waals surface area (Å²) in [6.07, 6.45) is 8.23. The van der Waals surface area contributed by atoms with Gasteiger partial charge in [-0.3, -0.25) is 28.9 Å². The number of allylic oxidation sites excluding steroid dienone is 1.